The highest BCUT2D eigenvalue weighted by Crippen LogP contribution is 2.29. The van der Waals surface area contributed by atoms with E-state index in [1.54, 1.807) is 20.8 Å². The molecule has 1 fully saturated rings. The topological polar surface area (TPSA) is 198 Å². The van der Waals surface area contributed by atoms with Gasteiger partial charge in [-0.3, -0.25) is 19.2 Å². The lowest BCUT2D eigenvalue weighted by atomic mass is 9.85. The Bertz CT molecular complexity index is 984. The zero-order chi connectivity index (χ0) is 31.7. The van der Waals surface area contributed by atoms with Gasteiger partial charge < -0.3 is 31.5 Å². The normalized spacial score (nSPS) is 20.4. The number of carbonyl (C=O) groups excluding carboxylic acids is 5. The summed E-state index contributed by atoms with van der Waals surface area (Å²) in [5, 5.41) is 12.1. The fourth-order valence-electron chi connectivity index (χ4n) is 4.33. The first-order valence-electron chi connectivity index (χ1n) is 13.5. The monoisotopic (exact) mass is 622 g/mol. The molecule has 1 aliphatic rings. The lowest BCUT2D eigenvalue weighted by molar-refractivity contribution is -0.143. The number of likely N-dealkylation sites (tertiary alicyclic amines) is 1. The van der Waals surface area contributed by atoms with Gasteiger partial charge in [0.1, 0.15) is 17.5 Å². The molecule has 6 atom stereocenters. The largest absolute Gasteiger partial charge is 0.352 e. The first-order valence-corrected chi connectivity index (χ1v) is 15.3. The highest BCUT2D eigenvalue weighted by Gasteiger charge is 2.45. The molecule has 0 aromatic heterocycles. The van der Waals surface area contributed by atoms with Crippen molar-refractivity contribution < 1.29 is 32.7 Å². The van der Waals surface area contributed by atoms with E-state index in [0.717, 1.165) is 0 Å². The van der Waals surface area contributed by atoms with Crippen LogP contribution >= 0.6 is 12.6 Å². The van der Waals surface area contributed by atoms with Crippen molar-refractivity contribution in [1.82, 2.24) is 36.2 Å². The smallest absolute Gasteiger partial charge is 0.315 e. The molecule has 14 nitrogen and oxygen atoms in total. The van der Waals surface area contributed by atoms with Gasteiger partial charge in [-0.1, -0.05) is 48.5 Å². The molecule has 0 spiro atoms. The quantitative estimate of drug-likeness (QED) is 0.0434. The van der Waals surface area contributed by atoms with Crippen molar-refractivity contribution in [2.75, 3.05) is 33.2 Å². The van der Waals surface area contributed by atoms with Crippen LogP contribution in [-0.2, 0) is 34.7 Å². The van der Waals surface area contributed by atoms with Gasteiger partial charge in [0.05, 0.1) is 6.54 Å². The maximum Gasteiger partial charge on any atom is 0.315 e. The molecule has 16 heteroatoms. The number of rotatable bonds is 13. The number of Topliss-reactive ketones (excluding diaryl/α,β-unsaturated/α-hetero) is 1. The van der Waals surface area contributed by atoms with Crippen LogP contribution in [0.3, 0.4) is 0 Å². The van der Waals surface area contributed by atoms with E-state index < -0.39 is 63.7 Å². The second kappa shape index (κ2) is 15.8. The maximum atomic E-state index is 13.8. The number of likely N-dealkylation sites (N-methyl/N-ethyl adjacent to an activating group) is 1. The summed E-state index contributed by atoms with van der Waals surface area (Å²) >= 11 is 1.61. The van der Waals surface area contributed by atoms with Crippen LogP contribution in [-0.4, -0.2) is 95.7 Å². The van der Waals surface area contributed by atoms with Crippen LogP contribution in [0.15, 0.2) is 0 Å². The molecule has 0 bridgehead atoms. The summed E-state index contributed by atoms with van der Waals surface area (Å²) in [5.74, 6) is -3.12. The number of hydrogen-bond donors (Lipinski definition) is 8. The minimum atomic E-state index is -2.44. The van der Waals surface area contributed by atoms with E-state index in [0.29, 0.717) is 19.5 Å². The van der Waals surface area contributed by atoms with Crippen LogP contribution in [0.2, 0.25) is 0 Å². The SMILES string of the molecule is CNC(=O)C(=O)C(S)NC(=O)[C@@H]1[C@@H](C)CCN1C(=O)[C@@H](NC(=O)N[C@H](CNCCN[SH+](=O)O)C(C)(C)C)C(C)(C)C. The van der Waals surface area contributed by atoms with Crippen LogP contribution in [0, 0.1) is 16.7 Å². The Kier molecular flexibility index (Phi) is 14.2. The molecule has 0 radical (unpaired) electrons. The molecule has 1 aliphatic heterocycles. The standard InChI is InChI=1S/C25H47N7O7S2/c1-14-9-12-32(16(14)19(34)31-21(40)17(33)20(35)26-8)22(36)18(25(5,6)7)30-23(37)29-15(24(2,3)4)13-27-10-11-28-41(38)39/h14-16,18,21,27,40H,9-13H2,1-8H3,(H,26,35)(H,31,34)(H2,28,38,39)(H2,29,30,37)/p+1/t14-,15+,16-,18+,21?/m0/s1. The van der Waals surface area contributed by atoms with Crippen LogP contribution in [0.4, 0.5) is 4.79 Å². The summed E-state index contributed by atoms with van der Waals surface area (Å²) in [6.07, 6.45) is 0.532. The van der Waals surface area contributed by atoms with Gasteiger partial charge in [-0.2, -0.15) is 4.55 Å². The Morgan fingerprint density at radius 3 is 2.12 bits per heavy atom. The minimum absolute atomic E-state index is 0.237. The molecule has 236 valence electrons. The lowest BCUT2D eigenvalue weighted by Crippen LogP contribution is -2.62. The highest BCUT2D eigenvalue weighted by atomic mass is 32.2. The van der Waals surface area contributed by atoms with Crippen LogP contribution < -0.4 is 31.3 Å². The molecule has 0 aromatic carbocycles. The average molecular weight is 623 g/mol. The van der Waals surface area contributed by atoms with Crippen molar-refractivity contribution in [3.63, 3.8) is 0 Å². The second-order valence-electron chi connectivity index (χ2n) is 12.3. The van der Waals surface area contributed by atoms with E-state index in [2.05, 4.69) is 43.9 Å². The zero-order valence-electron chi connectivity index (χ0n) is 25.2. The van der Waals surface area contributed by atoms with Crippen molar-refractivity contribution in [1.29, 1.82) is 0 Å². The van der Waals surface area contributed by atoms with E-state index in [4.69, 9.17) is 4.55 Å². The van der Waals surface area contributed by atoms with E-state index in [1.807, 2.05) is 27.7 Å². The van der Waals surface area contributed by atoms with Gasteiger partial charge in [-0.25, -0.2) is 4.79 Å². The Balaban J connectivity index is 3.02. The van der Waals surface area contributed by atoms with E-state index in [1.165, 1.54) is 11.9 Å². The molecule has 0 aliphatic carbocycles. The summed E-state index contributed by atoms with van der Waals surface area (Å²) in [6, 6.07) is -2.81. The van der Waals surface area contributed by atoms with Crippen molar-refractivity contribution in [3.8, 4) is 0 Å². The molecule has 7 N–H and O–H groups in total. The molecule has 1 heterocycles. The van der Waals surface area contributed by atoms with Crippen LogP contribution in [0.5, 0.6) is 0 Å². The third-order valence-corrected chi connectivity index (χ3v) is 7.72. The predicted octanol–water partition coefficient (Wildman–Crippen LogP) is -0.697. The molecule has 0 saturated carbocycles. The fourth-order valence-corrected chi connectivity index (χ4v) is 4.88. The molecule has 2 unspecified atom stereocenters. The van der Waals surface area contributed by atoms with Gasteiger partial charge in [-0.15, -0.1) is 17.4 Å². The third kappa shape index (κ3) is 11.5. The fraction of sp³-hybridized carbons (Fsp3) is 0.800. The minimum Gasteiger partial charge on any atom is -0.352 e. The Hall–Kier alpha value is -2.27. The number of ketones is 1. The van der Waals surface area contributed by atoms with Crippen molar-refractivity contribution in [2.24, 2.45) is 16.7 Å². The average Bonchev–Trinajstić information content (AvgIpc) is 3.24. The summed E-state index contributed by atoms with van der Waals surface area (Å²) in [4.78, 5) is 65.3. The zero-order valence-corrected chi connectivity index (χ0v) is 26.9. The molecular formula is C25H48N7O7S2+. The molecular weight excluding hydrogens is 574 g/mol. The van der Waals surface area contributed by atoms with E-state index >= 15 is 0 Å². The Morgan fingerprint density at radius 1 is 1.00 bits per heavy atom. The number of nitrogens with one attached hydrogen (secondary N) is 6. The van der Waals surface area contributed by atoms with Crippen molar-refractivity contribution >= 4 is 53.4 Å². The van der Waals surface area contributed by atoms with Gasteiger partial charge in [0.25, 0.3) is 23.0 Å². The molecule has 0 aromatic rings. The first-order chi connectivity index (χ1) is 18.8. The first kappa shape index (κ1) is 36.8. The van der Waals surface area contributed by atoms with Gasteiger partial charge in [-0.05, 0) is 27.4 Å². The molecule has 5 amide bonds. The highest BCUT2D eigenvalue weighted by molar-refractivity contribution is 7.82. The van der Waals surface area contributed by atoms with Gasteiger partial charge in [0, 0.05) is 32.7 Å². The summed E-state index contributed by atoms with van der Waals surface area (Å²) in [7, 11) is 1.29. The van der Waals surface area contributed by atoms with Crippen molar-refractivity contribution in [3.05, 3.63) is 0 Å². The second-order valence-corrected chi connectivity index (χ2v) is 13.7. The number of nitrogens with zero attached hydrogens (tertiary/aromatic N) is 1. The summed E-state index contributed by atoms with van der Waals surface area (Å²) in [5.41, 5.74) is -1.07. The van der Waals surface area contributed by atoms with Gasteiger partial charge in [0.2, 0.25) is 11.8 Å². The molecule has 41 heavy (non-hydrogen) atoms. The molecule has 1 rings (SSSR count). The van der Waals surface area contributed by atoms with Gasteiger partial charge in [0.15, 0.2) is 0 Å². The summed E-state index contributed by atoms with van der Waals surface area (Å²) in [6.45, 7) is 14.4. The van der Waals surface area contributed by atoms with E-state index in [-0.39, 0.29) is 30.5 Å². The summed E-state index contributed by atoms with van der Waals surface area (Å²) < 4.78 is 22.0. The third-order valence-electron chi connectivity index (χ3n) is 6.87. The number of amides is 5. The van der Waals surface area contributed by atoms with Crippen LogP contribution in [0.1, 0.15) is 54.9 Å². The molecule has 1 saturated heterocycles. The number of thiol groups is 2. The van der Waals surface area contributed by atoms with Crippen molar-refractivity contribution in [2.45, 2.75) is 78.4 Å². The number of urea groups is 1. The van der Waals surface area contributed by atoms with E-state index in [9.17, 15) is 28.2 Å². The van der Waals surface area contributed by atoms with Gasteiger partial charge >= 0.3 is 6.03 Å². The number of hydrogen-bond acceptors (Lipinski definition) is 8. The van der Waals surface area contributed by atoms with Crippen LogP contribution in [0.25, 0.3) is 0 Å². The Labute approximate surface area is 250 Å². The predicted molar refractivity (Wildman–Crippen MR) is 160 cm³/mol. The Morgan fingerprint density at radius 2 is 1.61 bits per heavy atom. The number of carbonyl (C=O) groups is 5. The maximum absolute atomic E-state index is 13.8. The lowest BCUT2D eigenvalue weighted by Gasteiger charge is -2.37.